The third-order valence-corrected chi connectivity index (χ3v) is 2.97. The van der Waals surface area contributed by atoms with Gasteiger partial charge in [0, 0.05) is 16.1 Å². The maximum atomic E-state index is 13.0. The molecule has 0 atom stereocenters. The first-order valence-electron chi connectivity index (χ1n) is 5.49. The minimum Gasteiger partial charge on any atom is -0.289 e. The molecule has 0 saturated heterocycles. The monoisotopic (exact) mass is 322 g/mol. The molecule has 0 spiro atoms. The van der Waals surface area contributed by atoms with Crippen LogP contribution in [0.3, 0.4) is 0 Å². The van der Waals surface area contributed by atoms with E-state index in [4.69, 9.17) is 0 Å². The van der Waals surface area contributed by atoms with Crippen molar-refractivity contribution in [1.82, 2.24) is 0 Å². The molecule has 0 aliphatic heterocycles. The van der Waals surface area contributed by atoms with Gasteiger partial charge >= 0.3 is 0 Å². The third-order valence-electron chi connectivity index (χ3n) is 2.44. The molecule has 2 aromatic carbocycles. The standard InChI is InChI=1S/C15H9BrF2O/c16-12-4-2-11(3-5-12)15(19)6-1-10-7-13(17)9-14(18)8-10/h1-9H/b6-1-. The molecule has 0 N–H and O–H groups in total. The van der Waals surface area contributed by atoms with E-state index in [0.717, 1.165) is 22.7 Å². The molecule has 2 aromatic rings. The second-order valence-electron chi connectivity index (χ2n) is 3.91. The lowest BCUT2D eigenvalue weighted by molar-refractivity contribution is 0.104. The van der Waals surface area contributed by atoms with Crippen LogP contribution in [0.5, 0.6) is 0 Å². The number of halogens is 3. The normalized spacial score (nSPS) is 10.9. The Hall–Kier alpha value is -1.81. The fourth-order valence-electron chi connectivity index (χ4n) is 1.55. The molecule has 96 valence electrons. The van der Waals surface area contributed by atoms with Crippen LogP contribution in [0.2, 0.25) is 0 Å². The van der Waals surface area contributed by atoms with Gasteiger partial charge in [-0.3, -0.25) is 4.79 Å². The second kappa shape index (κ2) is 5.89. The highest BCUT2D eigenvalue weighted by molar-refractivity contribution is 9.10. The Morgan fingerprint density at radius 1 is 1.00 bits per heavy atom. The smallest absolute Gasteiger partial charge is 0.185 e. The molecule has 0 fully saturated rings. The summed E-state index contributed by atoms with van der Waals surface area (Å²) >= 11 is 3.27. The van der Waals surface area contributed by atoms with E-state index in [1.165, 1.54) is 12.2 Å². The van der Waals surface area contributed by atoms with Crippen LogP contribution in [0.25, 0.3) is 6.08 Å². The summed E-state index contributed by atoms with van der Waals surface area (Å²) in [5, 5.41) is 0. The van der Waals surface area contributed by atoms with Crippen LogP contribution in [0.15, 0.2) is 53.0 Å². The maximum absolute atomic E-state index is 13.0. The number of rotatable bonds is 3. The molecule has 0 aliphatic rings. The summed E-state index contributed by atoms with van der Waals surface area (Å²) in [6.45, 7) is 0. The van der Waals surface area contributed by atoms with Crippen LogP contribution in [-0.4, -0.2) is 5.78 Å². The summed E-state index contributed by atoms with van der Waals surface area (Å²) in [7, 11) is 0. The van der Waals surface area contributed by atoms with E-state index in [1.54, 1.807) is 24.3 Å². The summed E-state index contributed by atoms with van der Waals surface area (Å²) in [5.74, 6) is -1.57. The Kier molecular flexibility index (Phi) is 4.22. The van der Waals surface area contributed by atoms with Gasteiger partial charge in [0.2, 0.25) is 0 Å². The molecule has 0 unspecified atom stereocenters. The van der Waals surface area contributed by atoms with Crippen molar-refractivity contribution in [1.29, 1.82) is 0 Å². The molecule has 0 radical (unpaired) electrons. The van der Waals surface area contributed by atoms with Gasteiger partial charge in [-0.2, -0.15) is 0 Å². The number of hydrogen-bond donors (Lipinski definition) is 0. The number of hydrogen-bond acceptors (Lipinski definition) is 1. The zero-order chi connectivity index (χ0) is 13.8. The Balaban J connectivity index is 2.18. The first-order valence-corrected chi connectivity index (χ1v) is 6.28. The van der Waals surface area contributed by atoms with Crippen molar-refractivity contribution < 1.29 is 13.6 Å². The minimum atomic E-state index is -0.671. The molecule has 19 heavy (non-hydrogen) atoms. The van der Waals surface area contributed by atoms with Crippen LogP contribution in [0, 0.1) is 11.6 Å². The number of benzene rings is 2. The average molecular weight is 323 g/mol. The van der Waals surface area contributed by atoms with Crippen LogP contribution in [0.4, 0.5) is 8.78 Å². The average Bonchev–Trinajstić information content (AvgIpc) is 2.36. The van der Waals surface area contributed by atoms with E-state index in [1.807, 2.05) is 0 Å². The van der Waals surface area contributed by atoms with E-state index >= 15 is 0 Å². The Morgan fingerprint density at radius 2 is 1.58 bits per heavy atom. The van der Waals surface area contributed by atoms with Gasteiger partial charge in [-0.25, -0.2) is 8.78 Å². The first-order chi connectivity index (χ1) is 9.04. The van der Waals surface area contributed by atoms with Gasteiger partial charge in [0.1, 0.15) is 11.6 Å². The lowest BCUT2D eigenvalue weighted by atomic mass is 10.1. The lowest BCUT2D eigenvalue weighted by Crippen LogP contribution is -1.93. The zero-order valence-electron chi connectivity index (χ0n) is 9.74. The van der Waals surface area contributed by atoms with Crippen molar-refractivity contribution in [2.24, 2.45) is 0 Å². The second-order valence-corrected chi connectivity index (χ2v) is 4.82. The molecule has 0 amide bonds. The number of carbonyl (C=O) groups is 1. The van der Waals surface area contributed by atoms with Crippen molar-refractivity contribution in [2.45, 2.75) is 0 Å². The van der Waals surface area contributed by atoms with Gasteiger partial charge in [0.25, 0.3) is 0 Å². The molecule has 0 aliphatic carbocycles. The fourth-order valence-corrected chi connectivity index (χ4v) is 1.82. The molecule has 0 bridgehead atoms. The van der Waals surface area contributed by atoms with E-state index in [2.05, 4.69) is 15.9 Å². The number of ketones is 1. The number of carbonyl (C=O) groups excluding carboxylic acids is 1. The Bertz CT molecular complexity index is 613. The quantitative estimate of drug-likeness (QED) is 0.595. The van der Waals surface area contributed by atoms with Gasteiger partial charge in [-0.05, 0) is 48.0 Å². The Labute approximate surface area is 117 Å². The first kappa shape index (κ1) is 13.6. The van der Waals surface area contributed by atoms with E-state index < -0.39 is 11.6 Å². The highest BCUT2D eigenvalue weighted by Gasteiger charge is 2.02. The van der Waals surface area contributed by atoms with Gasteiger partial charge in [-0.15, -0.1) is 0 Å². The van der Waals surface area contributed by atoms with Crippen LogP contribution in [-0.2, 0) is 0 Å². The van der Waals surface area contributed by atoms with E-state index in [-0.39, 0.29) is 5.78 Å². The van der Waals surface area contributed by atoms with Gasteiger partial charge in [0.05, 0.1) is 0 Å². The summed E-state index contributed by atoms with van der Waals surface area (Å²) in [5.41, 5.74) is 0.819. The molecule has 0 saturated carbocycles. The van der Waals surface area contributed by atoms with Crippen molar-refractivity contribution >= 4 is 27.8 Å². The highest BCUT2D eigenvalue weighted by atomic mass is 79.9. The van der Waals surface area contributed by atoms with Gasteiger partial charge in [0.15, 0.2) is 5.78 Å². The molecule has 2 rings (SSSR count). The predicted molar refractivity (Wildman–Crippen MR) is 73.9 cm³/mol. The maximum Gasteiger partial charge on any atom is 0.185 e. The predicted octanol–water partition coefficient (Wildman–Crippen LogP) is 4.62. The van der Waals surface area contributed by atoms with Crippen molar-refractivity contribution in [3.05, 3.63) is 75.8 Å². The summed E-state index contributed by atoms with van der Waals surface area (Å²) < 4.78 is 26.8. The summed E-state index contributed by atoms with van der Waals surface area (Å²) in [6, 6.07) is 9.95. The van der Waals surface area contributed by atoms with Crippen LogP contribution >= 0.6 is 15.9 Å². The number of allylic oxidation sites excluding steroid dienone is 1. The van der Waals surface area contributed by atoms with Gasteiger partial charge in [-0.1, -0.05) is 22.0 Å². The molecule has 0 aromatic heterocycles. The largest absolute Gasteiger partial charge is 0.289 e. The molecular weight excluding hydrogens is 314 g/mol. The highest BCUT2D eigenvalue weighted by Crippen LogP contribution is 2.13. The fraction of sp³-hybridized carbons (Fsp3) is 0. The van der Waals surface area contributed by atoms with E-state index in [9.17, 15) is 13.6 Å². The summed E-state index contributed by atoms with van der Waals surface area (Å²) in [4.78, 5) is 11.8. The molecule has 0 heterocycles. The lowest BCUT2D eigenvalue weighted by Gasteiger charge is -1.97. The molecule has 1 nitrogen and oxygen atoms in total. The minimum absolute atomic E-state index is 0.225. The Morgan fingerprint density at radius 3 is 2.16 bits per heavy atom. The van der Waals surface area contributed by atoms with Crippen LogP contribution < -0.4 is 0 Å². The SMILES string of the molecule is O=C(/C=C\c1cc(F)cc(F)c1)c1ccc(Br)cc1. The topological polar surface area (TPSA) is 17.1 Å². The van der Waals surface area contributed by atoms with Crippen molar-refractivity contribution in [3.8, 4) is 0 Å². The van der Waals surface area contributed by atoms with Crippen molar-refractivity contribution in [3.63, 3.8) is 0 Å². The summed E-state index contributed by atoms with van der Waals surface area (Å²) in [6.07, 6.45) is 2.67. The van der Waals surface area contributed by atoms with Crippen LogP contribution in [0.1, 0.15) is 15.9 Å². The zero-order valence-corrected chi connectivity index (χ0v) is 11.3. The van der Waals surface area contributed by atoms with Gasteiger partial charge < -0.3 is 0 Å². The van der Waals surface area contributed by atoms with Crippen molar-refractivity contribution in [2.75, 3.05) is 0 Å². The third kappa shape index (κ3) is 3.83. The molecule has 4 heteroatoms. The van der Waals surface area contributed by atoms with E-state index in [0.29, 0.717) is 11.1 Å². The molecular formula is C15H9BrF2O.